The van der Waals surface area contributed by atoms with E-state index in [4.69, 9.17) is 0 Å². The number of carbonyl (C=O) groups is 2. The molecule has 1 aromatic heterocycles. The standard InChI is InChI=1S/C49H71N6O2S2/c1-12-17-44(34-39(4)50(7)13-2)20-18-42-22-26-46(27-23-42)51(8)30-15-32-53(10)48(56)37-58-59-38-49(57)54(11)33-16-31-52(9)47-28-24-43(25-29-47)19-21-45-35-40(5)55(14-3)41(6)36-45/h17-29,34-36H,12-16,30-33,37-38H2,1-11H3/q+1/b20-18+,39-34-,44-17-. The molecule has 3 rings (SSSR count). The molecule has 0 N–H and O–H groups in total. The van der Waals surface area contributed by atoms with Crippen LogP contribution in [0.4, 0.5) is 11.4 Å². The van der Waals surface area contributed by atoms with Crippen LogP contribution in [0.15, 0.2) is 90.2 Å². The minimum atomic E-state index is 0.0862. The predicted octanol–water partition coefficient (Wildman–Crippen LogP) is 9.64. The van der Waals surface area contributed by atoms with E-state index in [0.717, 1.165) is 67.9 Å². The lowest BCUT2D eigenvalue weighted by molar-refractivity contribution is -0.705. The van der Waals surface area contributed by atoms with Gasteiger partial charge in [-0.05, 0) is 92.6 Å². The van der Waals surface area contributed by atoms with Crippen LogP contribution in [0.1, 0.15) is 75.0 Å². The van der Waals surface area contributed by atoms with E-state index in [1.807, 2.05) is 14.1 Å². The fourth-order valence-electron chi connectivity index (χ4n) is 6.63. The normalized spacial score (nSPS) is 12.1. The van der Waals surface area contributed by atoms with E-state index in [1.54, 1.807) is 9.80 Å². The molecule has 0 bridgehead atoms. The zero-order valence-corrected chi connectivity index (χ0v) is 39.5. The third kappa shape index (κ3) is 17.0. The maximum Gasteiger partial charge on any atom is 0.233 e. The minimum Gasteiger partial charge on any atom is -0.378 e. The summed E-state index contributed by atoms with van der Waals surface area (Å²) in [5.74, 6) is 0.881. The molecule has 59 heavy (non-hydrogen) atoms. The molecule has 0 fully saturated rings. The summed E-state index contributed by atoms with van der Waals surface area (Å²) >= 11 is 0. The third-order valence-electron chi connectivity index (χ3n) is 10.7. The van der Waals surface area contributed by atoms with E-state index in [0.29, 0.717) is 24.6 Å². The van der Waals surface area contributed by atoms with Crippen molar-refractivity contribution < 1.29 is 14.2 Å². The number of hydrogen-bond acceptors (Lipinski definition) is 7. The highest BCUT2D eigenvalue weighted by molar-refractivity contribution is 8.77. The summed E-state index contributed by atoms with van der Waals surface area (Å²) in [6.45, 7) is 18.0. The second-order valence-corrected chi connectivity index (χ2v) is 17.7. The predicted molar refractivity (Wildman–Crippen MR) is 259 cm³/mol. The smallest absolute Gasteiger partial charge is 0.233 e. The highest BCUT2D eigenvalue weighted by atomic mass is 33.1. The van der Waals surface area contributed by atoms with Crippen molar-refractivity contribution in [3.05, 3.63) is 118 Å². The zero-order chi connectivity index (χ0) is 43.3. The second kappa shape index (κ2) is 25.9. The van der Waals surface area contributed by atoms with Crippen LogP contribution in [0.5, 0.6) is 0 Å². The van der Waals surface area contributed by atoms with Gasteiger partial charge in [-0.25, -0.2) is 4.57 Å². The van der Waals surface area contributed by atoms with Gasteiger partial charge in [-0.2, -0.15) is 0 Å². The first kappa shape index (κ1) is 49.0. The van der Waals surface area contributed by atoms with Gasteiger partial charge in [0.2, 0.25) is 11.8 Å². The second-order valence-electron chi connectivity index (χ2n) is 15.3. The van der Waals surface area contributed by atoms with Gasteiger partial charge in [0.15, 0.2) is 11.4 Å². The molecule has 0 aliphatic carbocycles. The number of hydrogen-bond donors (Lipinski definition) is 0. The summed E-state index contributed by atoms with van der Waals surface area (Å²) in [6, 6.07) is 21.7. The number of anilines is 2. The summed E-state index contributed by atoms with van der Waals surface area (Å²) in [5, 5.41) is 0. The van der Waals surface area contributed by atoms with Gasteiger partial charge in [-0.1, -0.05) is 83.2 Å². The Balaban J connectivity index is 1.30. The molecule has 0 spiro atoms. The van der Waals surface area contributed by atoms with E-state index in [2.05, 4.69) is 179 Å². The van der Waals surface area contributed by atoms with Crippen molar-refractivity contribution in [2.45, 2.75) is 67.3 Å². The number of aromatic nitrogens is 1. The van der Waals surface area contributed by atoms with Gasteiger partial charge in [0.25, 0.3) is 0 Å². The van der Waals surface area contributed by atoms with Crippen molar-refractivity contribution in [2.75, 3.05) is 89.3 Å². The van der Waals surface area contributed by atoms with Crippen LogP contribution in [-0.4, -0.2) is 106 Å². The molecule has 8 nitrogen and oxygen atoms in total. The lowest BCUT2D eigenvalue weighted by Crippen LogP contribution is -2.39. The van der Waals surface area contributed by atoms with Crippen LogP contribution in [0.25, 0.3) is 18.2 Å². The molecule has 0 aliphatic rings. The van der Waals surface area contributed by atoms with Gasteiger partial charge in [0, 0.05) is 111 Å². The Hall–Kier alpha value is -4.41. The van der Waals surface area contributed by atoms with Crippen molar-refractivity contribution in [3.8, 4) is 0 Å². The molecule has 0 atom stereocenters. The number of pyridine rings is 1. The molecule has 0 radical (unpaired) electrons. The average molecular weight is 840 g/mol. The Kier molecular flexibility index (Phi) is 21.5. The van der Waals surface area contributed by atoms with E-state index in [9.17, 15) is 9.59 Å². The number of allylic oxidation sites excluding steroid dienone is 5. The van der Waals surface area contributed by atoms with Gasteiger partial charge < -0.3 is 24.5 Å². The third-order valence-corrected chi connectivity index (χ3v) is 12.8. The molecule has 0 saturated heterocycles. The van der Waals surface area contributed by atoms with Crippen molar-refractivity contribution in [2.24, 2.45) is 0 Å². The van der Waals surface area contributed by atoms with Crippen LogP contribution < -0.4 is 14.4 Å². The SMILES string of the molecule is CC/C=C(\C=C(\C)N(C)CC)/C=C/c1ccc(N(C)CCCN(C)C(=O)CSSCC(=O)N(C)CCCN(C)c2ccc(/C=C/c3cc(C)[n+](CC)c(C)c3)cc2)cc1. The summed E-state index contributed by atoms with van der Waals surface area (Å²) in [4.78, 5) is 35.9. The first-order valence-corrected chi connectivity index (χ1v) is 23.6. The number of benzene rings is 2. The summed E-state index contributed by atoms with van der Waals surface area (Å²) in [7, 11) is 12.9. The van der Waals surface area contributed by atoms with Crippen LogP contribution in [0, 0.1) is 13.8 Å². The molecule has 3 aromatic rings. The Labute approximate surface area is 365 Å². The van der Waals surface area contributed by atoms with Gasteiger partial charge in [0.05, 0.1) is 11.5 Å². The molecule has 1 heterocycles. The first-order valence-electron chi connectivity index (χ1n) is 21.1. The molecule has 10 heteroatoms. The van der Waals surface area contributed by atoms with E-state index >= 15 is 0 Å². The van der Waals surface area contributed by atoms with Crippen molar-refractivity contribution in [1.29, 1.82) is 0 Å². The molecule has 0 aliphatic heterocycles. The number of carbonyl (C=O) groups excluding carboxylic acids is 2. The highest BCUT2D eigenvalue weighted by Crippen LogP contribution is 2.23. The molecule has 0 saturated carbocycles. The number of amides is 2. The lowest BCUT2D eigenvalue weighted by Gasteiger charge is -2.22. The van der Waals surface area contributed by atoms with Gasteiger partial charge in [-0.15, -0.1) is 0 Å². The van der Waals surface area contributed by atoms with Crippen LogP contribution in [0.2, 0.25) is 0 Å². The number of rotatable bonds is 24. The summed E-state index contributed by atoms with van der Waals surface area (Å²) < 4.78 is 2.31. The molecular weight excluding hydrogens is 769 g/mol. The number of nitrogens with zero attached hydrogens (tertiary/aromatic N) is 6. The molecule has 2 aromatic carbocycles. The Morgan fingerprint density at radius 1 is 0.627 bits per heavy atom. The van der Waals surface area contributed by atoms with Crippen LogP contribution >= 0.6 is 21.6 Å². The van der Waals surface area contributed by atoms with Crippen molar-refractivity contribution >= 4 is 63.0 Å². The quantitative estimate of drug-likeness (QED) is 0.0386. The van der Waals surface area contributed by atoms with Crippen LogP contribution in [0.3, 0.4) is 0 Å². The molecule has 0 unspecified atom stereocenters. The van der Waals surface area contributed by atoms with Crippen molar-refractivity contribution in [1.82, 2.24) is 14.7 Å². The zero-order valence-electron chi connectivity index (χ0n) is 37.8. The molecule has 2 amide bonds. The van der Waals surface area contributed by atoms with E-state index < -0.39 is 0 Å². The Bertz CT molecular complexity index is 1860. The fraction of sp³-hybridized carbons (Fsp3) is 0.449. The Morgan fingerprint density at radius 3 is 1.53 bits per heavy atom. The minimum absolute atomic E-state index is 0.0862. The van der Waals surface area contributed by atoms with Gasteiger partial charge >= 0.3 is 0 Å². The average Bonchev–Trinajstić information content (AvgIpc) is 3.23. The van der Waals surface area contributed by atoms with Gasteiger partial charge in [-0.3, -0.25) is 9.59 Å². The van der Waals surface area contributed by atoms with Crippen molar-refractivity contribution in [3.63, 3.8) is 0 Å². The number of aryl methyl sites for hydroxylation is 2. The van der Waals surface area contributed by atoms with Crippen LogP contribution in [-0.2, 0) is 16.1 Å². The maximum absolute atomic E-state index is 12.8. The summed E-state index contributed by atoms with van der Waals surface area (Å²) in [5.41, 5.74) is 10.9. The van der Waals surface area contributed by atoms with E-state index in [1.165, 1.54) is 49.8 Å². The van der Waals surface area contributed by atoms with E-state index in [-0.39, 0.29) is 11.8 Å². The summed E-state index contributed by atoms with van der Waals surface area (Å²) in [6.07, 6.45) is 15.9. The first-order chi connectivity index (χ1) is 28.3. The monoisotopic (exact) mass is 840 g/mol. The maximum atomic E-state index is 12.8. The molecular formula is C49H71N6O2S2+. The molecule has 320 valence electrons. The highest BCUT2D eigenvalue weighted by Gasteiger charge is 2.14. The lowest BCUT2D eigenvalue weighted by atomic mass is 10.1. The topological polar surface area (TPSA) is 54.2 Å². The fourth-order valence-corrected chi connectivity index (χ4v) is 8.55. The Morgan fingerprint density at radius 2 is 1.08 bits per heavy atom. The largest absolute Gasteiger partial charge is 0.378 e. The van der Waals surface area contributed by atoms with Gasteiger partial charge in [0.1, 0.15) is 6.54 Å².